The van der Waals surface area contributed by atoms with Gasteiger partial charge in [0.1, 0.15) is 0 Å². The summed E-state index contributed by atoms with van der Waals surface area (Å²) in [4.78, 5) is 0. The van der Waals surface area contributed by atoms with Gasteiger partial charge in [0.15, 0.2) is 0 Å². The Kier molecular flexibility index (Phi) is 11.5. The van der Waals surface area contributed by atoms with Crippen LogP contribution in [0.3, 0.4) is 0 Å². The summed E-state index contributed by atoms with van der Waals surface area (Å²) in [6.45, 7) is 2.28. The molecule has 0 aromatic heterocycles. The number of benzene rings is 1. The van der Waals surface area contributed by atoms with Gasteiger partial charge in [-0.15, -0.1) is 0 Å². The molecule has 1 aromatic rings. The van der Waals surface area contributed by atoms with Crippen molar-refractivity contribution in [2.75, 3.05) is 0 Å². The van der Waals surface area contributed by atoms with E-state index in [1.807, 2.05) is 0 Å². The van der Waals surface area contributed by atoms with E-state index < -0.39 is 6.18 Å². The highest BCUT2D eigenvalue weighted by Gasteiger charge is 2.26. The van der Waals surface area contributed by atoms with Gasteiger partial charge in [0, 0.05) is 6.08 Å². The van der Waals surface area contributed by atoms with E-state index in [4.69, 9.17) is 0 Å². The van der Waals surface area contributed by atoms with Crippen LogP contribution in [0.1, 0.15) is 139 Å². The summed E-state index contributed by atoms with van der Waals surface area (Å²) >= 11 is 0. The second-order valence-electron chi connectivity index (χ2n) is 11.2. The number of hydrogen-bond acceptors (Lipinski definition) is 0. The molecule has 0 spiro atoms. The van der Waals surface area contributed by atoms with Crippen molar-refractivity contribution >= 4 is 0 Å². The molecule has 0 N–H and O–H groups in total. The summed E-state index contributed by atoms with van der Waals surface area (Å²) < 4.78 is 37.2. The minimum absolute atomic E-state index is 0.0816. The maximum atomic E-state index is 12.4. The van der Waals surface area contributed by atoms with Crippen LogP contribution in [-0.2, 0) is 0 Å². The molecule has 0 unspecified atom stereocenters. The molecular weight excluding hydrogens is 429 g/mol. The predicted octanol–water partition coefficient (Wildman–Crippen LogP) is 10.9. The van der Waals surface area contributed by atoms with Gasteiger partial charge in [-0.3, -0.25) is 0 Å². The lowest BCUT2D eigenvalue weighted by Gasteiger charge is -2.30. The van der Waals surface area contributed by atoms with Gasteiger partial charge < -0.3 is 0 Å². The Morgan fingerprint density at radius 2 is 1.15 bits per heavy atom. The molecule has 0 amide bonds. The molecule has 1 aromatic carbocycles. The predicted molar refractivity (Wildman–Crippen MR) is 138 cm³/mol. The first-order valence-corrected chi connectivity index (χ1v) is 14.3. The number of halogens is 3. The Balaban J connectivity index is 1.32. The van der Waals surface area contributed by atoms with Crippen molar-refractivity contribution in [2.45, 2.75) is 134 Å². The van der Waals surface area contributed by atoms with E-state index in [0.29, 0.717) is 17.9 Å². The molecule has 0 aliphatic heterocycles. The molecular formula is C31H47F3. The number of hydrogen-bond donors (Lipinski definition) is 0. The lowest BCUT2D eigenvalue weighted by atomic mass is 9.75. The zero-order valence-corrected chi connectivity index (χ0v) is 21.4. The van der Waals surface area contributed by atoms with Crippen molar-refractivity contribution in [3.8, 4) is 0 Å². The van der Waals surface area contributed by atoms with E-state index in [1.165, 1.54) is 101 Å². The normalized spacial score (nSPS) is 26.2. The molecule has 3 heteroatoms. The Bertz CT molecular complexity index is 686. The van der Waals surface area contributed by atoms with Crippen molar-refractivity contribution in [3.63, 3.8) is 0 Å². The Hall–Kier alpha value is -1.25. The van der Waals surface area contributed by atoms with E-state index >= 15 is 0 Å². The first kappa shape index (κ1) is 27.3. The third-order valence-electron chi connectivity index (χ3n) is 8.52. The van der Waals surface area contributed by atoms with Crippen molar-refractivity contribution in [1.82, 2.24) is 0 Å². The van der Waals surface area contributed by atoms with Gasteiger partial charge in [0.05, 0.1) is 0 Å². The standard InChI is InChI=1S/C31H47F3/c1-2-3-4-5-6-7-8-9-10-25-11-15-27(16-12-25)29-19-21-30(22-20-29)28-17-13-26(14-18-28)23-24-31(32,33)34/h19-28H,2-18H2,1H3/b24-23+. The third-order valence-corrected chi connectivity index (χ3v) is 8.52. The van der Waals surface area contributed by atoms with Crippen molar-refractivity contribution in [1.29, 1.82) is 0 Å². The fourth-order valence-electron chi connectivity index (χ4n) is 6.28. The Morgan fingerprint density at radius 1 is 0.676 bits per heavy atom. The fraction of sp³-hybridized carbons (Fsp3) is 0.742. The number of rotatable bonds is 12. The molecule has 0 saturated heterocycles. The molecule has 0 bridgehead atoms. The summed E-state index contributed by atoms with van der Waals surface area (Å²) in [6.07, 6.45) is 19.5. The largest absolute Gasteiger partial charge is 0.409 e. The summed E-state index contributed by atoms with van der Waals surface area (Å²) in [7, 11) is 0. The first-order chi connectivity index (χ1) is 16.4. The van der Waals surface area contributed by atoms with Gasteiger partial charge in [-0.05, 0) is 86.2 Å². The van der Waals surface area contributed by atoms with E-state index in [9.17, 15) is 13.2 Å². The van der Waals surface area contributed by atoms with Gasteiger partial charge in [0.2, 0.25) is 0 Å². The number of unbranched alkanes of at least 4 members (excludes halogenated alkanes) is 7. The maximum Gasteiger partial charge on any atom is 0.409 e. The highest BCUT2D eigenvalue weighted by atomic mass is 19.4. The van der Waals surface area contributed by atoms with Crippen LogP contribution in [0.25, 0.3) is 0 Å². The van der Waals surface area contributed by atoms with Crippen LogP contribution in [0.2, 0.25) is 0 Å². The highest BCUT2D eigenvalue weighted by Crippen LogP contribution is 2.40. The average molecular weight is 477 g/mol. The lowest BCUT2D eigenvalue weighted by Crippen LogP contribution is -2.14. The zero-order valence-electron chi connectivity index (χ0n) is 21.4. The second kappa shape index (κ2) is 14.3. The molecule has 34 heavy (non-hydrogen) atoms. The Labute approximate surface area is 206 Å². The lowest BCUT2D eigenvalue weighted by molar-refractivity contribution is -0.0803. The smallest absolute Gasteiger partial charge is 0.167 e. The molecule has 2 aliphatic rings. The quantitative estimate of drug-likeness (QED) is 0.208. The Morgan fingerprint density at radius 3 is 1.65 bits per heavy atom. The van der Waals surface area contributed by atoms with Crippen LogP contribution in [-0.4, -0.2) is 6.18 Å². The molecule has 0 atom stereocenters. The minimum atomic E-state index is -4.18. The molecule has 192 valence electrons. The molecule has 2 saturated carbocycles. The van der Waals surface area contributed by atoms with Crippen LogP contribution in [0, 0.1) is 11.8 Å². The monoisotopic (exact) mass is 476 g/mol. The topological polar surface area (TPSA) is 0 Å². The van der Waals surface area contributed by atoms with Crippen LogP contribution in [0.15, 0.2) is 36.4 Å². The van der Waals surface area contributed by atoms with E-state index in [0.717, 1.165) is 31.6 Å². The van der Waals surface area contributed by atoms with Gasteiger partial charge in [-0.1, -0.05) is 95.1 Å². The summed E-state index contributed by atoms with van der Waals surface area (Å²) in [5.41, 5.74) is 2.88. The summed E-state index contributed by atoms with van der Waals surface area (Å²) in [5.74, 6) is 2.24. The molecule has 2 aliphatic carbocycles. The summed E-state index contributed by atoms with van der Waals surface area (Å²) in [6, 6.07) is 9.29. The molecule has 3 rings (SSSR count). The van der Waals surface area contributed by atoms with Gasteiger partial charge in [-0.2, -0.15) is 13.2 Å². The van der Waals surface area contributed by atoms with Crippen molar-refractivity contribution in [2.24, 2.45) is 11.8 Å². The van der Waals surface area contributed by atoms with E-state index in [1.54, 1.807) is 0 Å². The molecule has 0 nitrogen and oxygen atoms in total. The van der Waals surface area contributed by atoms with E-state index in [2.05, 4.69) is 31.2 Å². The second-order valence-corrected chi connectivity index (χ2v) is 11.2. The molecule has 2 fully saturated rings. The zero-order chi connectivity index (χ0) is 24.2. The van der Waals surface area contributed by atoms with Gasteiger partial charge in [-0.25, -0.2) is 0 Å². The average Bonchev–Trinajstić information content (AvgIpc) is 2.85. The van der Waals surface area contributed by atoms with Crippen LogP contribution >= 0.6 is 0 Å². The minimum Gasteiger partial charge on any atom is -0.167 e. The SMILES string of the molecule is CCCCCCCCCCC1CCC(c2ccc(C3CCC(/C=C/C(F)(F)F)CC3)cc2)CC1. The highest BCUT2D eigenvalue weighted by molar-refractivity contribution is 5.28. The molecule has 0 heterocycles. The summed E-state index contributed by atoms with van der Waals surface area (Å²) in [5, 5.41) is 0. The third kappa shape index (κ3) is 9.78. The van der Waals surface area contributed by atoms with Crippen LogP contribution < -0.4 is 0 Å². The number of alkyl halides is 3. The fourth-order valence-corrected chi connectivity index (χ4v) is 6.28. The van der Waals surface area contributed by atoms with Crippen LogP contribution in [0.4, 0.5) is 13.2 Å². The van der Waals surface area contributed by atoms with Crippen LogP contribution in [0.5, 0.6) is 0 Å². The van der Waals surface area contributed by atoms with Crippen molar-refractivity contribution < 1.29 is 13.2 Å². The maximum absolute atomic E-state index is 12.4. The van der Waals surface area contributed by atoms with Gasteiger partial charge in [0.25, 0.3) is 0 Å². The van der Waals surface area contributed by atoms with Gasteiger partial charge >= 0.3 is 6.18 Å². The first-order valence-electron chi connectivity index (χ1n) is 14.3. The van der Waals surface area contributed by atoms with Crippen molar-refractivity contribution in [3.05, 3.63) is 47.5 Å². The number of allylic oxidation sites excluding steroid dienone is 2. The van der Waals surface area contributed by atoms with E-state index in [-0.39, 0.29) is 5.92 Å². The molecule has 0 radical (unpaired) electrons.